The molecule has 4 nitrogen and oxygen atoms in total. The molecular formula is C17H30N2O2S. The van der Waals surface area contributed by atoms with E-state index in [9.17, 15) is 9.59 Å². The Kier molecular flexibility index (Phi) is 5.81. The number of hydrogen-bond donors (Lipinski definition) is 0. The molecule has 2 saturated heterocycles. The summed E-state index contributed by atoms with van der Waals surface area (Å²) >= 11 is 1.92. The molecule has 0 aromatic rings. The second-order valence-electron chi connectivity index (χ2n) is 7.42. The lowest BCUT2D eigenvalue weighted by Crippen LogP contribution is -2.53. The third-order valence-corrected chi connectivity index (χ3v) is 6.09. The van der Waals surface area contributed by atoms with Crippen LogP contribution in [0, 0.1) is 11.8 Å². The first-order valence-corrected chi connectivity index (χ1v) is 9.55. The Bertz CT molecular complexity index is 415. The zero-order valence-electron chi connectivity index (χ0n) is 14.4. The summed E-state index contributed by atoms with van der Waals surface area (Å²) in [7, 11) is 0. The molecule has 0 unspecified atom stereocenters. The van der Waals surface area contributed by atoms with Crippen molar-refractivity contribution >= 4 is 23.6 Å². The third kappa shape index (κ3) is 3.98. The SMILES string of the molecule is CC(C)CC(=O)N1CCC2(CC1)SCCN2C(=O)CC(C)C. The van der Waals surface area contributed by atoms with Crippen LogP contribution in [0.2, 0.25) is 0 Å². The van der Waals surface area contributed by atoms with Crippen LogP contribution in [0.1, 0.15) is 53.4 Å². The fraction of sp³-hybridized carbons (Fsp3) is 0.882. The van der Waals surface area contributed by atoms with Crippen molar-refractivity contribution in [2.75, 3.05) is 25.4 Å². The molecule has 2 amide bonds. The molecule has 2 rings (SSSR count). The number of nitrogens with zero attached hydrogens (tertiary/aromatic N) is 2. The first-order chi connectivity index (χ1) is 10.3. The van der Waals surface area contributed by atoms with Gasteiger partial charge in [0.1, 0.15) is 0 Å². The van der Waals surface area contributed by atoms with Crippen LogP contribution < -0.4 is 0 Å². The van der Waals surface area contributed by atoms with E-state index in [1.165, 1.54) is 0 Å². The van der Waals surface area contributed by atoms with Gasteiger partial charge < -0.3 is 9.80 Å². The highest BCUT2D eigenvalue weighted by atomic mass is 32.2. The van der Waals surface area contributed by atoms with E-state index in [1.54, 1.807) is 0 Å². The van der Waals surface area contributed by atoms with Gasteiger partial charge in [-0.1, -0.05) is 27.7 Å². The molecule has 2 aliphatic rings. The number of thioether (sulfide) groups is 1. The third-order valence-electron chi connectivity index (χ3n) is 4.54. The summed E-state index contributed by atoms with van der Waals surface area (Å²) < 4.78 is 0. The fourth-order valence-corrected chi connectivity index (χ4v) is 4.89. The van der Waals surface area contributed by atoms with E-state index >= 15 is 0 Å². The first kappa shape index (κ1) is 17.6. The van der Waals surface area contributed by atoms with E-state index < -0.39 is 0 Å². The molecule has 0 saturated carbocycles. The topological polar surface area (TPSA) is 40.6 Å². The van der Waals surface area contributed by atoms with Crippen molar-refractivity contribution in [3.8, 4) is 0 Å². The van der Waals surface area contributed by atoms with E-state index in [2.05, 4.69) is 32.6 Å². The van der Waals surface area contributed by atoms with Gasteiger partial charge in [0.15, 0.2) is 0 Å². The predicted octanol–water partition coefficient (Wildman–Crippen LogP) is 2.97. The van der Waals surface area contributed by atoms with Crippen LogP contribution >= 0.6 is 11.8 Å². The van der Waals surface area contributed by atoms with Crippen molar-refractivity contribution in [3.05, 3.63) is 0 Å². The number of amides is 2. The highest BCUT2D eigenvalue weighted by Gasteiger charge is 2.46. The molecule has 126 valence electrons. The van der Waals surface area contributed by atoms with Gasteiger partial charge in [0.05, 0.1) is 4.87 Å². The molecule has 0 bridgehead atoms. The molecule has 0 radical (unpaired) electrons. The molecule has 2 aliphatic heterocycles. The average Bonchev–Trinajstić information content (AvgIpc) is 2.81. The standard InChI is InChI=1S/C17H30N2O2S/c1-13(2)11-15(20)18-7-5-17(6-8-18)19(9-10-22-17)16(21)12-14(3)4/h13-14H,5-12H2,1-4H3. The van der Waals surface area contributed by atoms with Crippen molar-refractivity contribution in [2.24, 2.45) is 11.8 Å². The van der Waals surface area contributed by atoms with Gasteiger partial charge in [-0.15, -0.1) is 11.8 Å². The van der Waals surface area contributed by atoms with Crippen molar-refractivity contribution in [1.29, 1.82) is 0 Å². The Labute approximate surface area is 139 Å². The number of likely N-dealkylation sites (tertiary alicyclic amines) is 1. The van der Waals surface area contributed by atoms with Gasteiger partial charge in [-0.3, -0.25) is 9.59 Å². The van der Waals surface area contributed by atoms with Gasteiger partial charge in [-0.05, 0) is 24.7 Å². The van der Waals surface area contributed by atoms with E-state index in [0.29, 0.717) is 30.6 Å². The highest BCUT2D eigenvalue weighted by molar-refractivity contribution is 8.00. The van der Waals surface area contributed by atoms with E-state index in [0.717, 1.165) is 38.2 Å². The smallest absolute Gasteiger partial charge is 0.223 e. The molecule has 0 atom stereocenters. The molecular weight excluding hydrogens is 296 g/mol. The first-order valence-electron chi connectivity index (χ1n) is 8.56. The summed E-state index contributed by atoms with van der Waals surface area (Å²) in [6.07, 6.45) is 3.12. The van der Waals surface area contributed by atoms with Crippen LogP contribution in [-0.2, 0) is 9.59 Å². The summed E-state index contributed by atoms with van der Waals surface area (Å²) in [5.74, 6) is 2.41. The summed E-state index contributed by atoms with van der Waals surface area (Å²) in [5, 5.41) is 0. The Hall–Kier alpha value is -0.710. The number of piperidine rings is 1. The number of carbonyl (C=O) groups is 2. The summed E-state index contributed by atoms with van der Waals surface area (Å²) in [5.41, 5.74) is 0. The largest absolute Gasteiger partial charge is 0.342 e. The maximum absolute atomic E-state index is 12.5. The second-order valence-corrected chi connectivity index (χ2v) is 8.87. The molecule has 0 aliphatic carbocycles. The Morgan fingerprint density at radius 3 is 2.05 bits per heavy atom. The van der Waals surface area contributed by atoms with Crippen LogP contribution in [0.25, 0.3) is 0 Å². The minimum Gasteiger partial charge on any atom is -0.342 e. The Balaban J connectivity index is 1.96. The zero-order valence-corrected chi connectivity index (χ0v) is 15.2. The number of hydrogen-bond acceptors (Lipinski definition) is 3. The molecule has 0 aromatic carbocycles. The minimum atomic E-state index is -0.0411. The lowest BCUT2D eigenvalue weighted by atomic mass is 9.99. The zero-order chi connectivity index (χ0) is 16.3. The molecule has 2 heterocycles. The Morgan fingerprint density at radius 1 is 0.955 bits per heavy atom. The van der Waals surface area contributed by atoms with Crippen LogP contribution in [-0.4, -0.2) is 51.9 Å². The summed E-state index contributed by atoms with van der Waals surface area (Å²) in [4.78, 5) is 28.8. The molecule has 5 heteroatoms. The van der Waals surface area contributed by atoms with Gasteiger partial charge in [0, 0.05) is 38.2 Å². The van der Waals surface area contributed by atoms with Gasteiger partial charge in [0.2, 0.25) is 11.8 Å². The average molecular weight is 327 g/mol. The molecule has 0 N–H and O–H groups in total. The lowest BCUT2D eigenvalue weighted by molar-refractivity contribution is -0.138. The molecule has 2 fully saturated rings. The van der Waals surface area contributed by atoms with Gasteiger partial charge in [-0.2, -0.15) is 0 Å². The van der Waals surface area contributed by atoms with Crippen LogP contribution in [0.4, 0.5) is 0 Å². The number of carbonyl (C=O) groups excluding carboxylic acids is 2. The summed E-state index contributed by atoms with van der Waals surface area (Å²) in [6, 6.07) is 0. The normalized spacial score (nSPS) is 21.2. The predicted molar refractivity (Wildman–Crippen MR) is 91.6 cm³/mol. The van der Waals surface area contributed by atoms with Crippen LogP contribution in [0.3, 0.4) is 0 Å². The second kappa shape index (κ2) is 7.24. The van der Waals surface area contributed by atoms with Crippen LogP contribution in [0.15, 0.2) is 0 Å². The van der Waals surface area contributed by atoms with Crippen molar-refractivity contribution < 1.29 is 9.59 Å². The van der Waals surface area contributed by atoms with Crippen LogP contribution in [0.5, 0.6) is 0 Å². The maximum atomic E-state index is 12.5. The fourth-order valence-electron chi connectivity index (χ4n) is 3.42. The van der Waals surface area contributed by atoms with Gasteiger partial charge in [0.25, 0.3) is 0 Å². The van der Waals surface area contributed by atoms with Gasteiger partial charge in [-0.25, -0.2) is 0 Å². The van der Waals surface area contributed by atoms with Gasteiger partial charge >= 0.3 is 0 Å². The highest BCUT2D eigenvalue weighted by Crippen LogP contribution is 2.44. The van der Waals surface area contributed by atoms with E-state index in [-0.39, 0.29) is 10.8 Å². The maximum Gasteiger partial charge on any atom is 0.223 e. The monoisotopic (exact) mass is 326 g/mol. The lowest BCUT2D eigenvalue weighted by Gasteiger charge is -2.44. The molecule has 1 spiro atoms. The van der Waals surface area contributed by atoms with E-state index in [4.69, 9.17) is 0 Å². The van der Waals surface area contributed by atoms with Crippen molar-refractivity contribution in [3.63, 3.8) is 0 Å². The quantitative estimate of drug-likeness (QED) is 0.797. The van der Waals surface area contributed by atoms with Crippen molar-refractivity contribution in [2.45, 2.75) is 58.2 Å². The minimum absolute atomic E-state index is 0.0411. The molecule has 22 heavy (non-hydrogen) atoms. The number of rotatable bonds is 4. The van der Waals surface area contributed by atoms with Crippen molar-refractivity contribution in [1.82, 2.24) is 9.80 Å². The Morgan fingerprint density at radius 2 is 1.50 bits per heavy atom. The molecule has 0 aromatic heterocycles. The van der Waals surface area contributed by atoms with E-state index in [1.807, 2.05) is 16.7 Å². The summed E-state index contributed by atoms with van der Waals surface area (Å²) in [6.45, 7) is 10.8.